The fourth-order valence-electron chi connectivity index (χ4n) is 2.72. The summed E-state index contributed by atoms with van der Waals surface area (Å²) in [5.74, 6) is -1.55. The first-order valence-electron chi connectivity index (χ1n) is 6.96. The molecule has 0 spiro atoms. The van der Waals surface area contributed by atoms with Crippen LogP contribution in [0.15, 0.2) is 35.1 Å². The van der Waals surface area contributed by atoms with Gasteiger partial charge in [0.1, 0.15) is 5.56 Å². The number of amides is 2. The normalized spacial score (nSPS) is 21.3. The average molecular weight is 333 g/mol. The minimum Gasteiger partial charge on any atom is -0.615 e. The Morgan fingerprint density at radius 3 is 2.48 bits per heavy atom. The number of rotatable bonds is 2. The van der Waals surface area contributed by atoms with Crippen LogP contribution in [0.25, 0.3) is 5.69 Å². The smallest absolute Gasteiger partial charge is 0.284 e. The lowest BCUT2D eigenvalue weighted by Gasteiger charge is -2.23. The Morgan fingerprint density at radius 2 is 1.87 bits per heavy atom. The molecule has 2 heterocycles. The van der Waals surface area contributed by atoms with E-state index in [4.69, 9.17) is 0 Å². The Balaban J connectivity index is 2.17. The van der Waals surface area contributed by atoms with Gasteiger partial charge in [-0.25, -0.2) is 4.68 Å². The van der Waals surface area contributed by atoms with Gasteiger partial charge in [-0.15, -0.1) is 0 Å². The van der Waals surface area contributed by atoms with E-state index >= 15 is 0 Å². The molecule has 0 radical (unpaired) electrons. The highest BCUT2D eigenvalue weighted by atomic mass is 32.2. The van der Waals surface area contributed by atoms with Gasteiger partial charge in [0.15, 0.2) is 5.75 Å². The van der Waals surface area contributed by atoms with Crippen LogP contribution in [0.2, 0.25) is 0 Å². The SMILES string of the molecule is Cc1c(C2C(=O)NC(=O)C[S+]2[O-])c(=O)n(-c2ccccc2)n1C. The summed E-state index contributed by atoms with van der Waals surface area (Å²) in [5.41, 5.74) is 0.952. The molecule has 23 heavy (non-hydrogen) atoms. The summed E-state index contributed by atoms with van der Waals surface area (Å²) in [6.45, 7) is 1.69. The van der Waals surface area contributed by atoms with Crippen LogP contribution in [0.3, 0.4) is 0 Å². The second-order valence-electron chi connectivity index (χ2n) is 5.29. The van der Waals surface area contributed by atoms with Gasteiger partial charge in [-0.1, -0.05) is 18.2 Å². The van der Waals surface area contributed by atoms with E-state index in [9.17, 15) is 18.9 Å². The minimum absolute atomic E-state index is 0.166. The van der Waals surface area contributed by atoms with Crippen molar-refractivity contribution in [2.45, 2.75) is 12.2 Å². The molecular weight excluding hydrogens is 318 g/mol. The number of nitrogens with zero attached hydrogens (tertiary/aromatic N) is 2. The fourth-order valence-corrected chi connectivity index (χ4v) is 4.05. The maximum absolute atomic E-state index is 12.8. The minimum atomic E-state index is -1.75. The Bertz CT molecular complexity index is 840. The zero-order valence-corrected chi connectivity index (χ0v) is 13.4. The van der Waals surface area contributed by atoms with Crippen LogP contribution in [0.4, 0.5) is 0 Å². The highest BCUT2D eigenvalue weighted by Crippen LogP contribution is 2.27. The summed E-state index contributed by atoms with van der Waals surface area (Å²) < 4.78 is 15.3. The summed E-state index contributed by atoms with van der Waals surface area (Å²) in [7, 11) is 1.70. The van der Waals surface area contributed by atoms with E-state index in [0.717, 1.165) is 0 Å². The fraction of sp³-hybridized carbons (Fsp3) is 0.267. The first-order chi connectivity index (χ1) is 10.9. The van der Waals surface area contributed by atoms with Crippen molar-refractivity contribution in [3.8, 4) is 5.69 Å². The average Bonchev–Trinajstić information content (AvgIpc) is 2.71. The number of hydrogen-bond donors (Lipinski definition) is 1. The highest BCUT2D eigenvalue weighted by molar-refractivity contribution is 7.93. The summed E-state index contributed by atoms with van der Waals surface area (Å²) in [4.78, 5) is 36.2. The lowest BCUT2D eigenvalue weighted by Crippen LogP contribution is -2.49. The lowest BCUT2D eigenvalue weighted by atomic mass is 10.1. The molecule has 1 aromatic heterocycles. The predicted octanol–water partition coefficient (Wildman–Crippen LogP) is -0.0694. The third-order valence-electron chi connectivity index (χ3n) is 3.90. The zero-order valence-electron chi connectivity index (χ0n) is 12.6. The zero-order chi connectivity index (χ0) is 16.7. The van der Waals surface area contributed by atoms with Crippen molar-refractivity contribution in [1.29, 1.82) is 0 Å². The van der Waals surface area contributed by atoms with Crippen LogP contribution >= 0.6 is 0 Å². The lowest BCUT2D eigenvalue weighted by molar-refractivity contribution is -0.129. The molecule has 2 aromatic rings. The van der Waals surface area contributed by atoms with Crippen LogP contribution in [0.5, 0.6) is 0 Å². The Kier molecular flexibility index (Phi) is 3.87. The van der Waals surface area contributed by atoms with Crippen molar-refractivity contribution in [3.63, 3.8) is 0 Å². The highest BCUT2D eigenvalue weighted by Gasteiger charge is 2.43. The standard InChI is InChI=1S/C15H15N3O4S/c1-9-12(13-14(20)16-11(19)8-23(13)22)15(21)18(17(9)2)10-6-4-3-5-7-10/h3-7,13H,8H2,1-2H3,(H,16,19,20). The van der Waals surface area contributed by atoms with Gasteiger partial charge in [-0.3, -0.25) is 24.4 Å². The van der Waals surface area contributed by atoms with Crippen LogP contribution < -0.4 is 10.9 Å². The van der Waals surface area contributed by atoms with Gasteiger partial charge in [0.2, 0.25) is 5.25 Å². The van der Waals surface area contributed by atoms with E-state index in [1.165, 1.54) is 4.68 Å². The number of carbonyl (C=O) groups excluding carboxylic acids is 2. The van der Waals surface area contributed by atoms with Crippen molar-refractivity contribution in [3.05, 3.63) is 51.9 Å². The largest absolute Gasteiger partial charge is 0.615 e. The third kappa shape index (κ3) is 2.49. The predicted molar refractivity (Wildman–Crippen MR) is 84.6 cm³/mol. The van der Waals surface area contributed by atoms with E-state index < -0.39 is 33.8 Å². The van der Waals surface area contributed by atoms with Crippen LogP contribution in [-0.4, -0.2) is 31.5 Å². The van der Waals surface area contributed by atoms with Gasteiger partial charge < -0.3 is 4.55 Å². The summed E-state index contributed by atoms with van der Waals surface area (Å²) in [6.07, 6.45) is 0. The van der Waals surface area contributed by atoms with Crippen LogP contribution in [-0.2, 0) is 27.8 Å². The van der Waals surface area contributed by atoms with E-state index in [2.05, 4.69) is 5.32 Å². The molecule has 2 atom stereocenters. The van der Waals surface area contributed by atoms with E-state index in [0.29, 0.717) is 11.4 Å². The van der Waals surface area contributed by atoms with Crippen molar-refractivity contribution in [2.24, 2.45) is 7.05 Å². The molecule has 1 aliphatic heterocycles. The van der Waals surface area contributed by atoms with Crippen molar-refractivity contribution >= 4 is 23.0 Å². The number of nitrogens with one attached hydrogen (secondary N) is 1. The quantitative estimate of drug-likeness (QED) is 0.615. The monoisotopic (exact) mass is 333 g/mol. The number of imide groups is 1. The van der Waals surface area contributed by atoms with E-state index in [-0.39, 0.29) is 11.3 Å². The number of hydrogen-bond acceptors (Lipinski definition) is 4. The van der Waals surface area contributed by atoms with Gasteiger partial charge in [-0.2, -0.15) is 0 Å². The van der Waals surface area contributed by atoms with Gasteiger partial charge in [0.25, 0.3) is 17.4 Å². The molecule has 7 nitrogen and oxygen atoms in total. The molecule has 0 aliphatic carbocycles. The molecule has 1 saturated heterocycles. The molecule has 0 saturated carbocycles. The van der Waals surface area contributed by atoms with Gasteiger partial charge >= 0.3 is 0 Å². The molecule has 1 fully saturated rings. The maximum Gasteiger partial charge on any atom is 0.284 e. The number of carbonyl (C=O) groups is 2. The maximum atomic E-state index is 12.8. The molecule has 8 heteroatoms. The number of benzene rings is 1. The molecular formula is C15H15N3O4S. The molecule has 1 N–H and O–H groups in total. The molecule has 1 aromatic carbocycles. The third-order valence-corrected chi connectivity index (χ3v) is 5.42. The van der Waals surface area contributed by atoms with Crippen molar-refractivity contribution < 1.29 is 14.1 Å². The van der Waals surface area contributed by atoms with Gasteiger partial charge in [0, 0.05) is 12.7 Å². The molecule has 2 amide bonds. The van der Waals surface area contributed by atoms with E-state index in [1.54, 1.807) is 42.9 Å². The first kappa shape index (κ1) is 15.6. The summed E-state index contributed by atoms with van der Waals surface area (Å²) >= 11 is -1.75. The Hall–Kier alpha value is -2.32. The van der Waals surface area contributed by atoms with Gasteiger partial charge in [-0.05, 0) is 30.2 Å². The van der Waals surface area contributed by atoms with Crippen LogP contribution in [0, 0.1) is 6.92 Å². The number of para-hydroxylation sites is 1. The Labute approximate surface area is 135 Å². The summed E-state index contributed by atoms with van der Waals surface area (Å²) in [6, 6.07) is 8.97. The second kappa shape index (κ2) is 5.71. The molecule has 120 valence electrons. The van der Waals surface area contributed by atoms with E-state index in [1.807, 2.05) is 6.07 Å². The van der Waals surface area contributed by atoms with Gasteiger partial charge in [0.05, 0.1) is 5.69 Å². The summed E-state index contributed by atoms with van der Waals surface area (Å²) in [5, 5.41) is 1.02. The Morgan fingerprint density at radius 1 is 1.22 bits per heavy atom. The molecule has 3 rings (SSSR count). The molecule has 2 unspecified atom stereocenters. The first-order valence-corrected chi connectivity index (χ1v) is 8.35. The topological polar surface area (TPSA) is 96.2 Å². The molecule has 0 bridgehead atoms. The van der Waals surface area contributed by atoms with Crippen molar-refractivity contribution in [1.82, 2.24) is 14.7 Å². The van der Waals surface area contributed by atoms with Crippen LogP contribution in [0.1, 0.15) is 16.5 Å². The second-order valence-corrected chi connectivity index (χ2v) is 6.81. The van der Waals surface area contributed by atoms with Crippen molar-refractivity contribution in [2.75, 3.05) is 5.75 Å². The molecule has 1 aliphatic rings. The number of aromatic nitrogens is 2.